The lowest BCUT2D eigenvalue weighted by molar-refractivity contribution is -0.118. The second-order valence-electron chi connectivity index (χ2n) is 12.4. The minimum absolute atomic E-state index is 0.0537. The van der Waals surface area contributed by atoms with Gasteiger partial charge < -0.3 is 15.4 Å². The van der Waals surface area contributed by atoms with E-state index in [0.29, 0.717) is 51.8 Å². The number of carbonyl (C=O) groups is 2. The Kier molecular flexibility index (Phi) is 12.9. The van der Waals surface area contributed by atoms with Crippen LogP contribution in [0.5, 0.6) is 6.01 Å². The van der Waals surface area contributed by atoms with Gasteiger partial charge in [-0.2, -0.15) is 4.98 Å². The van der Waals surface area contributed by atoms with Crippen molar-refractivity contribution in [3.8, 4) is 21.6 Å². The van der Waals surface area contributed by atoms with Crippen LogP contribution in [0.25, 0.3) is 15.6 Å². The number of thiophene rings is 1. The normalized spacial score (nSPS) is 11.7. The third-order valence-electron chi connectivity index (χ3n) is 8.49. The van der Waals surface area contributed by atoms with Gasteiger partial charge in [0, 0.05) is 51.6 Å². The van der Waals surface area contributed by atoms with Gasteiger partial charge in [-0.3, -0.25) is 19.1 Å². The molecule has 0 fully saturated rings. The third kappa shape index (κ3) is 9.57. The molecule has 0 saturated carbocycles. The van der Waals surface area contributed by atoms with Crippen LogP contribution in [-0.4, -0.2) is 60.4 Å². The lowest BCUT2D eigenvalue weighted by Crippen LogP contribution is -2.21. The molecule has 0 saturated heterocycles. The van der Waals surface area contributed by atoms with Crippen molar-refractivity contribution >= 4 is 80.8 Å². The van der Waals surface area contributed by atoms with Crippen molar-refractivity contribution in [2.24, 2.45) is 4.99 Å². The number of benzene rings is 2. The van der Waals surface area contributed by atoms with E-state index in [1.807, 2.05) is 37.3 Å². The van der Waals surface area contributed by atoms with E-state index in [2.05, 4.69) is 54.2 Å². The van der Waals surface area contributed by atoms with Crippen LogP contribution in [0.3, 0.4) is 0 Å². The number of nitrogens with one attached hydrogen (secondary N) is 2. The van der Waals surface area contributed by atoms with Crippen LogP contribution >= 0.6 is 57.5 Å². The standard InChI is InChI=1S/C21H21Cl2N5O3S.C17H15ClN4S/c1-12-15(10-25-21(26-12)31-8-4-3-7-24-13(2)29)19(30)27-18-11-32-20(28-18)14-5-6-16(22)17(23)9-14;1-9-10(2)23-17-15(9)16(12-4-6-13(18)7-5-12)19-8-14-21-20-11(3)22(14)17/h5-6,9-11H,3-4,7-8H2,1-2H3,(H,24,29)(H,27,30);4-7H,8H2,1-3H3. The molecule has 284 valence electrons. The number of anilines is 1. The number of halogens is 3. The van der Waals surface area contributed by atoms with Gasteiger partial charge in [0.15, 0.2) is 5.82 Å². The van der Waals surface area contributed by atoms with Gasteiger partial charge >= 0.3 is 6.01 Å². The molecule has 0 atom stereocenters. The zero-order valence-corrected chi connectivity index (χ0v) is 34.4. The number of hydrogen-bond donors (Lipinski definition) is 2. The van der Waals surface area contributed by atoms with Gasteiger partial charge in [-0.15, -0.1) is 32.9 Å². The summed E-state index contributed by atoms with van der Waals surface area (Å²) in [5, 5.41) is 19.2. The average Bonchev–Trinajstić information content (AvgIpc) is 3.82. The fraction of sp³-hybridized carbons (Fsp3) is 0.263. The van der Waals surface area contributed by atoms with E-state index in [1.54, 1.807) is 35.8 Å². The van der Waals surface area contributed by atoms with E-state index in [0.717, 1.165) is 51.4 Å². The molecule has 1 aliphatic rings. The fourth-order valence-electron chi connectivity index (χ4n) is 5.56. The van der Waals surface area contributed by atoms with Crippen LogP contribution in [0, 0.1) is 27.7 Å². The Hall–Kier alpha value is -4.73. The number of aliphatic imine (C=N–C) groups is 1. The molecule has 12 nitrogen and oxygen atoms in total. The predicted molar refractivity (Wildman–Crippen MR) is 220 cm³/mol. The summed E-state index contributed by atoms with van der Waals surface area (Å²) in [6.07, 6.45) is 2.96. The van der Waals surface area contributed by atoms with Gasteiger partial charge in [0.2, 0.25) is 5.91 Å². The minimum atomic E-state index is -0.365. The molecule has 7 rings (SSSR count). The quantitative estimate of drug-likeness (QED) is 0.130. The lowest BCUT2D eigenvalue weighted by Gasteiger charge is -2.09. The molecule has 6 aromatic rings. The molecule has 0 radical (unpaired) electrons. The van der Waals surface area contributed by atoms with Crippen molar-refractivity contribution in [1.82, 2.24) is 35.0 Å². The van der Waals surface area contributed by atoms with Crippen molar-refractivity contribution in [2.45, 2.75) is 54.0 Å². The molecule has 2 aromatic carbocycles. The number of amides is 2. The summed E-state index contributed by atoms with van der Waals surface area (Å²) < 4.78 is 7.65. The van der Waals surface area contributed by atoms with E-state index in [9.17, 15) is 9.59 Å². The molecular formula is C38H36Cl3N9O3S2. The second kappa shape index (κ2) is 17.8. The SMILES string of the molecule is CC(=O)NCCCCOc1ncc(C(=O)Nc2csc(-c3ccc(Cl)c(Cl)c3)n2)c(C)n1.Cc1sc2c(c1C)C(c1ccc(Cl)cc1)=NCc1nnc(C)n1-2. The van der Waals surface area contributed by atoms with Crippen LogP contribution in [0.15, 0.2) is 59.0 Å². The van der Waals surface area contributed by atoms with Crippen molar-refractivity contribution in [3.63, 3.8) is 0 Å². The first kappa shape index (κ1) is 39.9. The summed E-state index contributed by atoms with van der Waals surface area (Å²) in [7, 11) is 0. The van der Waals surface area contributed by atoms with E-state index < -0.39 is 0 Å². The first-order chi connectivity index (χ1) is 26.4. The largest absolute Gasteiger partial charge is 0.463 e. The molecule has 0 aliphatic carbocycles. The fourth-order valence-corrected chi connectivity index (χ4v) is 7.96. The summed E-state index contributed by atoms with van der Waals surface area (Å²) in [5.41, 5.74) is 6.15. The van der Waals surface area contributed by atoms with Crippen LogP contribution in [-0.2, 0) is 11.3 Å². The van der Waals surface area contributed by atoms with Gasteiger partial charge in [-0.25, -0.2) is 9.97 Å². The highest BCUT2D eigenvalue weighted by Crippen LogP contribution is 2.36. The number of ether oxygens (including phenoxy) is 1. The Balaban J connectivity index is 0.000000196. The Labute approximate surface area is 341 Å². The smallest absolute Gasteiger partial charge is 0.316 e. The van der Waals surface area contributed by atoms with E-state index in [-0.39, 0.29) is 17.8 Å². The summed E-state index contributed by atoms with van der Waals surface area (Å²) >= 11 is 21.2. The number of nitrogens with zero attached hydrogens (tertiary/aromatic N) is 7. The number of rotatable bonds is 10. The Morgan fingerprint density at radius 1 is 0.945 bits per heavy atom. The highest BCUT2D eigenvalue weighted by Gasteiger charge is 2.26. The second-order valence-corrected chi connectivity index (χ2v) is 15.8. The molecule has 5 heterocycles. The number of aromatic nitrogens is 6. The highest BCUT2D eigenvalue weighted by atomic mass is 35.5. The lowest BCUT2D eigenvalue weighted by atomic mass is 10.00. The summed E-state index contributed by atoms with van der Waals surface area (Å²) in [6.45, 7) is 11.0. The van der Waals surface area contributed by atoms with Crippen LogP contribution in [0.1, 0.15) is 69.0 Å². The first-order valence-electron chi connectivity index (χ1n) is 17.1. The molecule has 2 N–H and O–H groups in total. The molecule has 0 spiro atoms. The summed E-state index contributed by atoms with van der Waals surface area (Å²) in [6, 6.07) is 13.3. The zero-order valence-electron chi connectivity index (χ0n) is 30.5. The zero-order chi connectivity index (χ0) is 39.2. The summed E-state index contributed by atoms with van der Waals surface area (Å²) in [5.74, 6) is 1.78. The number of thiazole rings is 1. The maximum atomic E-state index is 12.6. The summed E-state index contributed by atoms with van der Waals surface area (Å²) in [4.78, 5) is 42.4. The van der Waals surface area contributed by atoms with Gasteiger partial charge in [0.25, 0.3) is 5.91 Å². The molecule has 2 amide bonds. The average molecular weight is 837 g/mol. The first-order valence-corrected chi connectivity index (χ1v) is 20.0. The number of fused-ring (bicyclic) bond motifs is 3. The van der Waals surface area contributed by atoms with E-state index in [1.165, 1.54) is 40.5 Å². The maximum absolute atomic E-state index is 12.6. The number of unbranched alkanes of at least 4 members (excludes halogenated alkanes) is 1. The monoisotopic (exact) mass is 835 g/mol. The van der Waals surface area contributed by atoms with Crippen molar-refractivity contribution in [3.05, 3.63) is 114 Å². The molecule has 0 bridgehead atoms. The van der Waals surface area contributed by atoms with Crippen LogP contribution in [0.2, 0.25) is 15.1 Å². The third-order valence-corrected chi connectivity index (χ3v) is 11.6. The molecule has 0 unspecified atom stereocenters. The highest BCUT2D eigenvalue weighted by molar-refractivity contribution is 7.15. The van der Waals surface area contributed by atoms with Crippen molar-refractivity contribution in [2.75, 3.05) is 18.5 Å². The molecule has 17 heteroatoms. The van der Waals surface area contributed by atoms with Crippen LogP contribution < -0.4 is 15.4 Å². The molecular weight excluding hydrogens is 801 g/mol. The van der Waals surface area contributed by atoms with Gasteiger partial charge in [-0.05, 0) is 70.4 Å². The molecule has 4 aromatic heterocycles. The van der Waals surface area contributed by atoms with Crippen molar-refractivity contribution in [1.29, 1.82) is 0 Å². The molecule has 1 aliphatic heterocycles. The van der Waals surface area contributed by atoms with Gasteiger partial charge in [0.05, 0.1) is 33.6 Å². The number of hydrogen-bond acceptors (Lipinski definition) is 11. The molecule has 55 heavy (non-hydrogen) atoms. The Morgan fingerprint density at radius 3 is 2.44 bits per heavy atom. The van der Waals surface area contributed by atoms with Gasteiger partial charge in [0.1, 0.15) is 28.2 Å². The predicted octanol–water partition coefficient (Wildman–Crippen LogP) is 9.02. The van der Waals surface area contributed by atoms with Crippen molar-refractivity contribution < 1.29 is 14.3 Å². The number of aryl methyl sites for hydroxylation is 3. The topological polar surface area (TPSA) is 149 Å². The Morgan fingerprint density at radius 2 is 1.71 bits per heavy atom. The van der Waals surface area contributed by atoms with Crippen LogP contribution in [0.4, 0.5) is 5.82 Å². The van der Waals surface area contributed by atoms with E-state index in [4.69, 9.17) is 44.5 Å². The minimum Gasteiger partial charge on any atom is -0.463 e. The maximum Gasteiger partial charge on any atom is 0.316 e. The van der Waals surface area contributed by atoms with E-state index >= 15 is 0 Å². The van der Waals surface area contributed by atoms with Gasteiger partial charge in [-0.1, -0.05) is 53.0 Å². The number of carbonyl (C=O) groups excluding carboxylic acids is 2. The Bertz CT molecular complexity index is 2390.